The molecule has 0 aliphatic heterocycles. The summed E-state index contributed by atoms with van der Waals surface area (Å²) < 4.78 is 0. The third-order valence-corrected chi connectivity index (χ3v) is 3.42. The van der Waals surface area contributed by atoms with E-state index in [1.54, 1.807) is 6.07 Å². The van der Waals surface area contributed by atoms with Crippen LogP contribution in [0.25, 0.3) is 0 Å². The van der Waals surface area contributed by atoms with E-state index >= 15 is 0 Å². The Morgan fingerprint density at radius 2 is 1.71 bits per heavy atom. The van der Waals surface area contributed by atoms with Gasteiger partial charge in [0, 0.05) is 17.5 Å². The number of rotatable bonds is 2. The monoisotopic (exact) mass is 266 g/mol. The summed E-state index contributed by atoms with van der Waals surface area (Å²) in [6.45, 7) is 5.96. The van der Waals surface area contributed by atoms with Crippen LogP contribution in [0.4, 0.5) is 0 Å². The van der Waals surface area contributed by atoms with Gasteiger partial charge in [-0.05, 0) is 38.1 Å². The molecule has 2 heterocycles. The first-order valence-corrected chi connectivity index (χ1v) is 6.23. The second kappa shape index (κ2) is 4.98. The molecule has 2 aromatic rings. The molecule has 0 fully saturated rings. The SMILES string of the molecule is Cc1nc(Sc2cc(Cl)ncn2)nc(C)c1C. The number of hydrogen-bond acceptors (Lipinski definition) is 5. The highest BCUT2D eigenvalue weighted by Crippen LogP contribution is 2.25. The van der Waals surface area contributed by atoms with Crippen LogP contribution < -0.4 is 0 Å². The molecule has 17 heavy (non-hydrogen) atoms. The Labute approximate surface area is 109 Å². The molecule has 6 heteroatoms. The van der Waals surface area contributed by atoms with Gasteiger partial charge in [-0.15, -0.1) is 0 Å². The highest BCUT2D eigenvalue weighted by Gasteiger charge is 2.07. The van der Waals surface area contributed by atoms with E-state index in [1.807, 2.05) is 20.8 Å². The maximum atomic E-state index is 5.79. The van der Waals surface area contributed by atoms with Crippen molar-refractivity contribution in [3.63, 3.8) is 0 Å². The summed E-state index contributed by atoms with van der Waals surface area (Å²) in [7, 11) is 0. The van der Waals surface area contributed by atoms with Crippen molar-refractivity contribution in [2.24, 2.45) is 0 Å². The van der Waals surface area contributed by atoms with Crippen LogP contribution in [0.2, 0.25) is 5.15 Å². The Balaban J connectivity index is 2.31. The first-order valence-electron chi connectivity index (χ1n) is 5.03. The Hall–Kier alpha value is -1.20. The summed E-state index contributed by atoms with van der Waals surface area (Å²) in [6, 6.07) is 1.69. The Morgan fingerprint density at radius 1 is 1.06 bits per heavy atom. The average molecular weight is 267 g/mol. The van der Waals surface area contributed by atoms with E-state index in [4.69, 9.17) is 11.6 Å². The Bertz CT molecular complexity index is 536. The average Bonchev–Trinajstić information content (AvgIpc) is 2.26. The predicted octanol–water partition coefficient (Wildman–Crippen LogP) is 3.00. The van der Waals surface area contributed by atoms with Crippen LogP contribution in [0.3, 0.4) is 0 Å². The van der Waals surface area contributed by atoms with E-state index in [1.165, 1.54) is 18.1 Å². The molecule has 4 nitrogen and oxygen atoms in total. The fourth-order valence-corrected chi connectivity index (χ4v) is 2.29. The number of aryl methyl sites for hydroxylation is 2. The van der Waals surface area contributed by atoms with E-state index in [0.29, 0.717) is 10.3 Å². The summed E-state index contributed by atoms with van der Waals surface area (Å²) >= 11 is 7.17. The molecule has 0 aliphatic rings. The lowest BCUT2D eigenvalue weighted by Crippen LogP contribution is -1.98. The minimum atomic E-state index is 0.419. The molecule has 0 saturated carbocycles. The van der Waals surface area contributed by atoms with Gasteiger partial charge in [0.05, 0.1) is 0 Å². The highest BCUT2D eigenvalue weighted by molar-refractivity contribution is 7.99. The Kier molecular flexibility index (Phi) is 3.59. The van der Waals surface area contributed by atoms with E-state index in [0.717, 1.165) is 22.0 Å². The maximum absolute atomic E-state index is 5.79. The molecular weight excluding hydrogens is 256 g/mol. The smallest absolute Gasteiger partial charge is 0.194 e. The second-order valence-electron chi connectivity index (χ2n) is 3.58. The molecule has 2 aromatic heterocycles. The molecule has 0 N–H and O–H groups in total. The molecule has 0 radical (unpaired) electrons. The zero-order valence-electron chi connectivity index (χ0n) is 9.73. The molecule has 88 valence electrons. The van der Waals surface area contributed by atoms with Gasteiger partial charge >= 0.3 is 0 Å². The minimum Gasteiger partial charge on any atom is -0.229 e. The topological polar surface area (TPSA) is 51.6 Å². The van der Waals surface area contributed by atoms with Gasteiger partial charge in [-0.2, -0.15) is 0 Å². The molecule has 0 aromatic carbocycles. The van der Waals surface area contributed by atoms with Crippen molar-refractivity contribution in [1.29, 1.82) is 0 Å². The van der Waals surface area contributed by atoms with Gasteiger partial charge in [0.2, 0.25) is 0 Å². The third kappa shape index (κ3) is 2.92. The number of aromatic nitrogens is 4. The van der Waals surface area contributed by atoms with Crippen molar-refractivity contribution >= 4 is 23.4 Å². The van der Waals surface area contributed by atoms with E-state index in [-0.39, 0.29) is 0 Å². The molecule has 2 rings (SSSR count). The zero-order valence-corrected chi connectivity index (χ0v) is 11.3. The molecule has 0 atom stereocenters. The van der Waals surface area contributed by atoms with Gasteiger partial charge < -0.3 is 0 Å². The molecule has 0 spiro atoms. The molecular formula is C11H11ClN4S. The quantitative estimate of drug-likeness (QED) is 0.618. The normalized spacial score (nSPS) is 10.6. The van der Waals surface area contributed by atoms with Crippen molar-refractivity contribution in [3.05, 3.63) is 34.5 Å². The van der Waals surface area contributed by atoms with Gasteiger partial charge in [-0.25, -0.2) is 19.9 Å². The number of halogens is 1. The first kappa shape index (κ1) is 12.3. The van der Waals surface area contributed by atoms with E-state index in [2.05, 4.69) is 19.9 Å². The summed E-state index contributed by atoms with van der Waals surface area (Å²) in [5, 5.41) is 1.84. The Morgan fingerprint density at radius 3 is 2.29 bits per heavy atom. The fourth-order valence-electron chi connectivity index (χ4n) is 1.25. The summed E-state index contributed by atoms with van der Waals surface area (Å²) in [5.74, 6) is 0. The van der Waals surface area contributed by atoms with Crippen molar-refractivity contribution in [2.75, 3.05) is 0 Å². The minimum absolute atomic E-state index is 0.419. The molecule has 0 saturated heterocycles. The lowest BCUT2D eigenvalue weighted by molar-refractivity contribution is 0.877. The highest BCUT2D eigenvalue weighted by atomic mass is 35.5. The van der Waals surface area contributed by atoms with Crippen molar-refractivity contribution < 1.29 is 0 Å². The molecule has 0 aliphatic carbocycles. The van der Waals surface area contributed by atoms with Crippen molar-refractivity contribution in [3.8, 4) is 0 Å². The lowest BCUT2D eigenvalue weighted by atomic mass is 10.2. The van der Waals surface area contributed by atoms with E-state index in [9.17, 15) is 0 Å². The first-order chi connectivity index (χ1) is 8.06. The molecule has 0 bridgehead atoms. The fraction of sp³-hybridized carbons (Fsp3) is 0.273. The van der Waals surface area contributed by atoms with Crippen LogP contribution in [0.5, 0.6) is 0 Å². The van der Waals surface area contributed by atoms with Crippen LogP contribution in [0.1, 0.15) is 17.0 Å². The predicted molar refractivity (Wildman–Crippen MR) is 67.4 cm³/mol. The standard InChI is InChI=1S/C11H11ClN4S/c1-6-7(2)15-11(16-8(6)3)17-10-4-9(12)13-5-14-10/h4-5H,1-3H3. The number of nitrogens with zero attached hydrogens (tertiary/aromatic N) is 4. The summed E-state index contributed by atoms with van der Waals surface area (Å²) in [6.07, 6.45) is 1.43. The van der Waals surface area contributed by atoms with Crippen LogP contribution in [-0.2, 0) is 0 Å². The van der Waals surface area contributed by atoms with Crippen LogP contribution in [-0.4, -0.2) is 19.9 Å². The van der Waals surface area contributed by atoms with Crippen molar-refractivity contribution in [2.45, 2.75) is 31.0 Å². The molecule has 0 unspecified atom stereocenters. The zero-order chi connectivity index (χ0) is 12.4. The summed E-state index contributed by atoms with van der Waals surface area (Å²) in [4.78, 5) is 16.7. The largest absolute Gasteiger partial charge is 0.229 e. The van der Waals surface area contributed by atoms with Gasteiger partial charge in [0.25, 0.3) is 0 Å². The van der Waals surface area contributed by atoms with Gasteiger partial charge in [-0.3, -0.25) is 0 Å². The maximum Gasteiger partial charge on any atom is 0.194 e. The van der Waals surface area contributed by atoms with Crippen molar-refractivity contribution in [1.82, 2.24) is 19.9 Å². The van der Waals surface area contributed by atoms with Crippen LogP contribution in [0.15, 0.2) is 22.6 Å². The third-order valence-electron chi connectivity index (χ3n) is 2.42. The van der Waals surface area contributed by atoms with Gasteiger partial charge in [-0.1, -0.05) is 11.6 Å². The van der Waals surface area contributed by atoms with E-state index < -0.39 is 0 Å². The number of hydrogen-bond donors (Lipinski definition) is 0. The molecule has 0 amide bonds. The van der Waals surface area contributed by atoms with Gasteiger partial charge in [0.1, 0.15) is 16.5 Å². The van der Waals surface area contributed by atoms with Crippen LogP contribution >= 0.6 is 23.4 Å². The van der Waals surface area contributed by atoms with Gasteiger partial charge in [0.15, 0.2) is 5.16 Å². The second-order valence-corrected chi connectivity index (χ2v) is 4.96. The van der Waals surface area contributed by atoms with Crippen LogP contribution in [0, 0.1) is 20.8 Å². The summed E-state index contributed by atoms with van der Waals surface area (Å²) in [5.41, 5.74) is 3.09. The lowest BCUT2D eigenvalue weighted by Gasteiger charge is -2.06.